The van der Waals surface area contributed by atoms with Gasteiger partial charge in [-0.15, -0.1) is 0 Å². The van der Waals surface area contributed by atoms with Crippen LogP contribution in [0.3, 0.4) is 0 Å². The van der Waals surface area contributed by atoms with Gasteiger partial charge in [-0.25, -0.2) is 0 Å². The predicted molar refractivity (Wildman–Crippen MR) is 133 cm³/mol. The fraction of sp³-hybridized carbons (Fsp3) is 0.714. The molecule has 32 heavy (non-hydrogen) atoms. The van der Waals surface area contributed by atoms with Crippen LogP contribution >= 0.6 is 0 Å². The van der Waals surface area contributed by atoms with Crippen molar-refractivity contribution in [3.8, 4) is 11.5 Å². The van der Waals surface area contributed by atoms with Crippen LogP contribution < -0.4 is 0 Å². The van der Waals surface area contributed by atoms with E-state index in [0.29, 0.717) is 36.7 Å². The summed E-state index contributed by atoms with van der Waals surface area (Å²) in [5.74, 6) is 0.0838. The third-order valence-electron chi connectivity index (χ3n) is 6.58. The highest BCUT2D eigenvalue weighted by molar-refractivity contribution is 6.06. The summed E-state index contributed by atoms with van der Waals surface area (Å²) in [6.07, 6.45) is 6.90. The van der Waals surface area contributed by atoms with Crippen molar-refractivity contribution < 1.29 is 19.8 Å². The molecule has 182 valence electrons. The number of carbonyl (C=O) groups is 2. The van der Waals surface area contributed by atoms with Crippen molar-refractivity contribution in [3.63, 3.8) is 0 Å². The molecule has 0 bridgehead atoms. The number of hydrogen-bond donors (Lipinski definition) is 2. The Morgan fingerprint density at radius 2 is 1.31 bits per heavy atom. The van der Waals surface area contributed by atoms with E-state index in [1.54, 1.807) is 0 Å². The van der Waals surface area contributed by atoms with Crippen LogP contribution in [0.4, 0.5) is 0 Å². The lowest BCUT2D eigenvalue weighted by Gasteiger charge is -2.22. The third kappa shape index (κ3) is 7.64. The van der Waals surface area contributed by atoms with Crippen LogP contribution in [0.1, 0.15) is 126 Å². The number of aromatic hydroxyl groups is 2. The van der Waals surface area contributed by atoms with E-state index in [4.69, 9.17) is 0 Å². The molecule has 0 fully saturated rings. The van der Waals surface area contributed by atoms with Gasteiger partial charge >= 0.3 is 0 Å². The zero-order valence-electron chi connectivity index (χ0n) is 21.5. The van der Waals surface area contributed by atoms with E-state index in [1.807, 2.05) is 20.8 Å². The van der Waals surface area contributed by atoms with Gasteiger partial charge in [0.1, 0.15) is 11.5 Å². The highest BCUT2D eigenvalue weighted by Crippen LogP contribution is 2.39. The molecule has 0 aliphatic carbocycles. The maximum atomic E-state index is 13.4. The smallest absolute Gasteiger partial charge is 0.170 e. The molecule has 0 aliphatic rings. The second-order valence-corrected chi connectivity index (χ2v) is 10.1. The quantitative estimate of drug-likeness (QED) is 0.213. The summed E-state index contributed by atoms with van der Waals surface area (Å²) in [4.78, 5) is 26.7. The van der Waals surface area contributed by atoms with Gasteiger partial charge in [-0.3, -0.25) is 9.59 Å². The molecule has 0 heterocycles. The summed E-state index contributed by atoms with van der Waals surface area (Å²) >= 11 is 0. The van der Waals surface area contributed by atoms with E-state index in [2.05, 4.69) is 27.7 Å². The number of hydrogen-bond acceptors (Lipinski definition) is 4. The Kier molecular flexibility index (Phi) is 12.0. The normalized spacial score (nSPS) is 13.5. The average Bonchev–Trinajstić information content (AvgIpc) is 2.73. The second-order valence-electron chi connectivity index (χ2n) is 10.1. The number of carbonyl (C=O) groups excluding carboxylic acids is 2. The van der Waals surface area contributed by atoms with E-state index in [-0.39, 0.29) is 46.0 Å². The largest absolute Gasteiger partial charge is 0.507 e. The van der Waals surface area contributed by atoms with E-state index in [0.717, 1.165) is 38.5 Å². The molecule has 4 nitrogen and oxygen atoms in total. The number of benzene rings is 1. The standard InChI is InChI=1S/C28H46O4/c1-8-11-12-22-25(27(31)21(10-3)16-14-19(6)7)24(29)17-23(28(22)32)26(30)20(9-2)15-13-18(4)5/h17-21,29,32H,8-16H2,1-7H3. The van der Waals surface area contributed by atoms with Gasteiger partial charge in [-0.2, -0.15) is 0 Å². The fourth-order valence-electron chi connectivity index (χ4n) is 4.31. The number of phenolic OH excluding ortho intramolecular Hbond substituents is 2. The molecule has 0 saturated heterocycles. The summed E-state index contributed by atoms with van der Waals surface area (Å²) < 4.78 is 0. The first kappa shape index (κ1) is 28.2. The molecule has 4 heteroatoms. The van der Waals surface area contributed by atoms with Gasteiger partial charge in [-0.1, -0.05) is 67.7 Å². The SMILES string of the molecule is CCCCc1c(O)c(C(=O)C(CC)CCC(C)C)cc(O)c1C(=O)C(CC)CCC(C)C. The molecule has 0 spiro atoms. The Morgan fingerprint density at radius 3 is 1.75 bits per heavy atom. The number of unbranched alkanes of at least 4 members (excludes halogenated alkanes) is 1. The van der Waals surface area contributed by atoms with Crippen molar-refractivity contribution in [1.29, 1.82) is 0 Å². The number of rotatable bonds is 15. The number of phenols is 2. The van der Waals surface area contributed by atoms with E-state index >= 15 is 0 Å². The van der Waals surface area contributed by atoms with E-state index < -0.39 is 0 Å². The highest BCUT2D eigenvalue weighted by Gasteiger charge is 2.30. The minimum Gasteiger partial charge on any atom is -0.507 e. The lowest BCUT2D eigenvalue weighted by Crippen LogP contribution is -2.19. The van der Waals surface area contributed by atoms with Gasteiger partial charge in [0.05, 0.1) is 11.1 Å². The predicted octanol–water partition coefficient (Wildman–Crippen LogP) is 7.73. The third-order valence-corrected chi connectivity index (χ3v) is 6.58. The minimum atomic E-state index is -0.197. The molecule has 0 aliphatic heterocycles. The van der Waals surface area contributed by atoms with Crippen LogP contribution in [-0.2, 0) is 6.42 Å². The van der Waals surface area contributed by atoms with Crippen LogP contribution in [0.5, 0.6) is 11.5 Å². The van der Waals surface area contributed by atoms with Crippen molar-refractivity contribution >= 4 is 11.6 Å². The minimum absolute atomic E-state index is 0.105. The van der Waals surface area contributed by atoms with E-state index in [9.17, 15) is 19.8 Å². The maximum absolute atomic E-state index is 13.4. The number of Topliss-reactive ketones (excluding diaryl/α,β-unsaturated/α-hetero) is 2. The molecule has 2 unspecified atom stereocenters. The van der Waals surface area contributed by atoms with Gasteiger partial charge in [-0.05, 0) is 56.4 Å². The Morgan fingerprint density at radius 1 is 0.812 bits per heavy atom. The van der Waals surface area contributed by atoms with Crippen LogP contribution in [0.15, 0.2) is 6.07 Å². The molecule has 1 rings (SSSR count). The summed E-state index contributed by atoms with van der Waals surface area (Å²) in [5, 5.41) is 22.1. The van der Waals surface area contributed by atoms with Gasteiger partial charge in [0.25, 0.3) is 0 Å². The van der Waals surface area contributed by atoms with Gasteiger partial charge in [0.2, 0.25) is 0 Å². The van der Waals surface area contributed by atoms with Crippen molar-refractivity contribution in [3.05, 3.63) is 22.8 Å². The van der Waals surface area contributed by atoms with Crippen LogP contribution in [-0.4, -0.2) is 21.8 Å². The van der Waals surface area contributed by atoms with Crippen molar-refractivity contribution in [1.82, 2.24) is 0 Å². The lowest BCUT2D eigenvalue weighted by atomic mass is 9.82. The molecule has 0 amide bonds. The molecule has 0 aromatic heterocycles. The topological polar surface area (TPSA) is 74.6 Å². The monoisotopic (exact) mass is 446 g/mol. The Hall–Kier alpha value is -1.84. The van der Waals surface area contributed by atoms with Crippen molar-refractivity contribution in [2.45, 2.75) is 106 Å². The molecular formula is C28H46O4. The van der Waals surface area contributed by atoms with Gasteiger partial charge in [0, 0.05) is 17.4 Å². The zero-order chi connectivity index (χ0) is 24.4. The molecule has 0 radical (unpaired) electrons. The van der Waals surface area contributed by atoms with Crippen molar-refractivity contribution in [2.75, 3.05) is 0 Å². The molecule has 1 aromatic carbocycles. The number of ketones is 2. The van der Waals surface area contributed by atoms with Crippen LogP contribution in [0, 0.1) is 23.7 Å². The molecule has 2 N–H and O–H groups in total. The summed E-state index contributed by atoms with van der Waals surface area (Å²) in [6.45, 7) is 14.6. The summed E-state index contributed by atoms with van der Waals surface area (Å²) in [7, 11) is 0. The van der Waals surface area contributed by atoms with E-state index in [1.165, 1.54) is 6.07 Å². The van der Waals surface area contributed by atoms with Crippen LogP contribution in [0.2, 0.25) is 0 Å². The van der Waals surface area contributed by atoms with Crippen LogP contribution in [0.25, 0.3) is 0 Å². The Labute approximate surface area is 195 Å². The zero-order valence-corrected chi connectivity index (χ0v) is 21.5. The molecule has 2 atom stereocenters. The lowest BCUT2D eigenvalue weighted by molar-refractivity contribution is 0.0887. The molecular weight excluding hydrogens is 400 g/mol. The first-order chi connectivity index (χ1) is 15.1. The molecule has 1 aromatic rings. The van der Waals surface area contributed by atoms with Gasteiger partial charge < -0.3 is 10.2 Å². The molecule has 0 saturated carbocycles. The van der Waals surface area contributed by atoms with Crippen molar-refractivity contribution in [2.24, 2.45) is 23.7 Å². The first-order valence-corrected chi connectivity index (χ1v) is 12.7. The van der Waals surface area contributed by atoms with Gasteiger partial charge in [0.15, 0.2) is 11.6 Å². The average molecular weight is 447 g/mol. The highest BCUT2D eigenvalue weighted by atomic mass is 16.3. The fourth-order valence-corrected chi connectivity index (χ4v) is 4.31. The maximum Gasteiger partial charge on any atom is 0.170 e. The first-order valence-electron chi connectivity index (χ1n) is 12.7. The Balaban J connectivity index is 3.44. The Bertz CT molecular complexity index is 748. The summed E-state index contributed by atoms with van der Waals surface area (Å²) in [6, 6.07) is 1.34. The summed E-state index contributed by atoms with van der Waals surface area (Å²) in [5.41, 5.74) is 0.830. The second kappa shape index (κ2) is 13.6.